The summed E-state index contributed by atoms with van der Waals surface area (Å²) >= 11 is 12.2. The van der Waals surface area contributed by atoms with E-state index < -0.39 is 5.60 Å². The number of hydrogen-bond donors (Lipinski definition) is 2. The minimum absolute atomic E-state index is 0.168. The first-order chi connectivity index (χ1) is 10.7. The molecule has 6 heteroatoms. The van der Waals surface area contributed by atoms with E-state index in [1.165, 1.54) is 0 Å². The van der Waals surface area contributed by atoms with Crippen LogP contribution in [0.25, 0.3) is 0 Å². The molecular formula is C17H26Cl2N2O2. The first-order valence-electron chi connectivity index (χ1n) is 7.88. The quantitative estimate of drug-likeness (QED) is 0.676. The number of halogens is 2. The number of carbonyl (C=O) groups is 1. The summed E-state index contributed by atoms with van der Waals surface area (Å²) in [5.41, 5.74) is 0.569. The van der Waals surface area contributed by atoms with E-state index in [4.69, 9.17) is 27.9 Å². The lowest BCUT2D eigenvalue weighted by Gasteiger charge is -2.20. The molecule has 0 bridgehead atoms. The predicted octanol–water partition coefficient (Wildman–Crippen LogP) is 4.95. The SMILES string of the molecule is CCC(NCCCNC(=O)OC(C)(C)C)c1ccc(Cl)cc1Cl. The topological polar surface area (TPSA) is 50.4 Å². The molecule has 0 aromatic heterocycles. The Morgan fingerprint density at radius 3 is 2.52 bits per heavy atom. The molecule has 0 radical (unpaired) electrons. The minimum atomic E-state index is -0.471. The van der Waals surface area contributed by atoms with Crippen LogP contribution in [0.3, 0.4) is 0 Å². The molecule has 0 saturated heterocycles. The third-order valence-electron chi connectivity index (χ3n) is 3.16. The van der Waals surface area contributed by atoms with Gasteiger partial charge in [-0.05, 0) is 57.9 Å². The first kappa shape index (κ1) is 20.1. The predicted molar refractivity (Wildman–Crippen MR) is 96.4 cm³/mol. The van der Waals surface area contributed by atoms with Crippen molar-refractivity contribution in [3.05, 3.63) is 33.8 Å². The van der Waals surface area contributed by atoms with Crippen LogP contribution in [-0.4, -0.2) is 24.8 Å². The molecule has 1 atom stereocenters. The number of benzene rings is 1. The van der Waals surface area contributed by atoms with E-state index in [1.807, 2.05) is 32.9 Å². The van der Waals surface area contributed by atoms with Crippen molar-refractivity contribution in [1.29, 1.82) is 0 Å². The van der Waals surface area contributed by atoms with Crippen molar-refractivity contribution in [2.24, 2.45) is 0 Å². The maximum Gasteiger partial charge on any atom is 0.407 e. The highest BCUT2D eigenvalue weighted by Gasteiger charge is 2.16. The van der Waals surface area contributed by atoms with Gasteiger partial charge in [-0.25, -0.2) is 4.79 Å². The molecule has 23 heavy (non-hydrogen) atoms. The number of rotatable bonds is 7. The van der Waals surface area contributed by atoms with Crippen molar-refractivity contribution in [2.45, 2.75) is 52.2 Å². The fourth-order valence-electron chi connectivity index (χ4n) is 2.13. The van der Waals surface area contributed by atoms with Gasteiger partial charge in [-0.1, -0.05) is 36.2 Å². The van der Waals surface area contributed by atoms with Gasteiger partial charge in [0.25, 0.3) is 0 Å². The number of nitrogens with one attached hydrogen (secondary N) is 2. The van der Waals surface area contributed by atoms with Crippen LogP contribution in [0.15, 0.2) is 18.2 Å². The number of hydrogen-bond acceptors (Lipinski definition) is 3. The molecule has 0 aliphatic heterocycles. The van der Waals surface area contributed by atoms with Crippen molar-refractivity contribution >= 4 is 29.3 Å². The summed E-state index contributed by atoms with van der Waals surface area (Å²) in [5, 5.41) is 7.50. The molecule has 1 aromatic carbocycles. The van der Waals surface area contributed by atoms with E-state index >= 15 is 0 Å². The number of amides is 1. The average molecular weight is 361 g/mol. The molecule has 0 heterocycles. The highest BCUT2D eigenvalue weighted by atomic mass is 35.5. The van der Waals surface area contributed by atoms with Gasteiger partial charge in [0.2, 0.25) is 0 Å². The smallest absolute Gasteiger partial charge is 0.407 e. The first-order valence-corrected chi connectivity index (χ1v) is 8.63. The van der Waals surface area contributed by atoms with Gasteiger partial charge in [-0.2, -0.15) is 0 Å². The van der Waals surface area contributed by atoms with Crippen molar-refractivity contribution in [3.63, 3.8) is 0 Å². The van der Waals surface area contributed by atoms with E-state index in [2.05, 4.69) is 17.6 Å². The van der Waals surface area contributed by atoms with E-state index in [9.17, 15) is 4.79 Å². The van der Waals surface area contributed by atoms with Gasteiger partial charge in [-0.3, -0.25) is 0 Å². The van der Waals surface area contributed by atoms with E-state index in [0.29, 0.717) is 16.6 Å². The lowest BCUT2D eigenvalue weighted by Crippen LogP contribution is -2.34. The lowest BCUT2D eigenvalue weighted by molar-refractivity contribution is 0.0527. The summed E-state index contributed by atoms with van der Waals surface area (Å²) < 4.78 is 5.18. The van der Waals surface area contributed by atoms with E-state index in [-0.39, 0.29) is 12.1 Å². The van der Waals surface area contributed by atoms with Crippen LogP contribution in [0.5, 0.6) is 0 Å². The monoisotopic (exact) mass is 360 g/mol. The van der Waals surface area contributed by atoms with Gasteiger partial charge in [0.1, 0.15) is 5.60 Å². The zero-order valence-corrected chi connectivity index (χ0v) is 15.7. The minimum Gasteiger partial charge on any atom is -0.444 e. The van der Waals surface area contributed by atoms with Crippen molar-refractivity contribution in [3.8, 4) is 0 Å². The van der Waals surface area contributed by atoms with Crippen LogP contribution in [0.4, 0.5) is 4.79 Å². The molecule has 130 valence electrons. The second kappa shape index (κ2) is 9.36. The van der Waals surface area contributed by atoms with Gasteiger partial charge >= 0.3 is 6.09 Å². The summed E-state index contributed by atoms with van der Waals surface area (Å²) in [6, 6.07) is 5.72. The largest absolute Gasteiger partial charge is 0.444 e. The molecular weight excluding hydrogens is 335 g/mol. The average Bonchev–Trinajstić information content (AvgIpc) is 2.42. The number of ether oxygens (including phenoxy) is 1. The molecule has 0 aliphatic rings. The van der Waals surface area contributed by atoms with Gasteiger partial charge < -0.3 is 15.4 Å². The molecule has 1 rings (SSSR count). The van der Waals surface area contributed by atoms with Gasteiger partial charge in [-0.15, -0.1) is 0 Å². The van der Waals surface area contributed by atoms with E-state index in [0.717, 1.165) is 24.9 Å². The fourth-order valence-corrected chi connectivity index (χ4v) is 2.67. The summed E-state index contributed by atoms with van der Waals surface area (Å²) in [7, 11) is 0. The van der Waals surface area contributed by atoms with Crippen LogP contribution >= 0.6 is 23.2 Å². The Kier molecular flexibility index (Phi) is 8.17. The molecule has 1 unspecified atom stereocenters. The second-order valence-electron chi connectivity index (χ2n) is 6.36. The van der Waals surface area contributed by atoms with E-state index in [1.54, 1.807) is 6.07 Å². The Morgan fingerprint density at radius 2 is 1.96 bits per heavy atom. The second-order valence-corrected chi connectivity index (χ2v) is 7.21. The third-order valence-corrected chi connectivity index (χ3v) is 3.72. The number of carbonyl (C=O) groups excluding carboxylic acids is 1. The Labute approximate surface area is 148 Å². The lowest BCUT2D eigenvalue weighted by atomic mass is 10.0. The maximum atomic E-state index is 11.5. The summed E-state index contributed by atoms with van der Waals surface area (Å²) in [5.74, 6) is 0. The molecule has 2 N–H and O–H groups in total. The molecule has 0 fully saturated rings. The summed E-state index contributed by atoms with van der Waals surface area (Å²) in [6.07, 6.45) is 1.34. The summed E-state index contributed by atoms with van der Waals surface area (Å²) in [4.78, 5) is 11.5. The van der Waals surface area contributed by atoms with Gasteiger partial charge in [0, 0.05) is 22.6 Å². The van der Waals surface area contributed by atoms with Crippen molar-refractivity contribution in [1.82, 2.24) is 10.6 Å². The molecule has 4 nitrogen and oxygen atoms in total. The maximum absolute atomic E-state index is 11.5. The summed E-state index contributed by atoms with van der Waals surface area (Å²) in [6.45, 7) is 8.96. The van der Waals surface area contributed by atoms with Crippen LogP contribution in [0.1, 0.15) is 52.1 Å². The van der Waals surface area contributed by atoms with Crippen LogP contribution in [0.2, 0.25) is 10.0 Å². The Balaban J connectivity index is 2.34. The van der Waals surface area contributed by atoms with Crippen molar-refractivity contribution in [2.75, 3.05) is 13.1 Å². The molecule has 0 spiro atoms. The van der Waals surface area contributed by atoms with Gasteiger partial charge in [0.15, 0.2) is 0 Å². The Hall–Kier alpha value is -0.970. The molecule has 1 aromatic rings. The highest BCUT2D eigenvalue weighted by Crippen LogP contribution is 2.27. The Bertz CT molecular complexity index is 516. The third kappa shape index (κ3) is 7.91. The Morgan fingerprint density at radius 1 is 1.26 bits per heavy atom. The zero-order chi connectivity index (χ0) is 17.5. The van der Waals surface area contributed by atoms with Crippen LogP contribution in [0, 0.1) is 0 Å². The highest BCUT2D eigenvalue weighted by molar-refractivity contribution is 6.35. The molecule has 1 amide bonds. The number of alkyl carbamates (subject to hydrolysis) is 1. The van der Waals surface area contributed by atoms with Crippen LogP contribution < -0.4 is 10.6 Å². The molecule has 0 aliphatic carbocycles. The normalized spacial score (nSPS) is 12.8. The molecule has 0 saturated carbocycles. The van der Waals surface area contributed by atoms with Crippen molar-refractivity contribution < 1.29 is 9.53 Å². The standard InChI is InChI=1S/C17H26Cl2N2O2/c1-5-15(13-8-7-12(18)11-14(13)19)20-9-6-10-21-16(22)23-17(2,3)4/h7-8,11,15,20H,5-6,9-10H2,1-4H3,(H,21,22). The van der Waals surface area contributed by atoms with Gasteiger partial charge in [0.05, 0.1) is 0 Å². The van der Waals surface area contributed by atoms with Crippen LogP contribution in [-0.2, 0) is 4.74 Å². The fraction of sp³-hybridized carbons (Fsp3) is 0.588. The zero-order valence-electron chi connectivity index (χ0n) is 14.2.